The van der Waals surface area contributed by atoms with Gasteiger partial charge in [0.2, 0.25) is 5.88 Å². The van der Waals surface area contributed by atoms with E-state index in [0.29, 0.717) is 23.5 Å². The minimum Gasteiger partial charge on any atom is -0.477 e. The van der Waals surface area contributed by atoms with Gasteiger partial charge in [0.1, 0.15) is 27.0 Å². The van der Waals surface area contributed by atoms with Crippen LogP contribution in [0.3, 0.4) is 0 Å². The number of halogens is 1. The first-order valence-corrected chi connectivity index (χ1v) is 10.9. The molecule has 0 radical (unpaired) electrons. The summed E-state index contributed by atoms with van der Waals surface area (Å²) in [5.41, 5.74) is 0.886. The van der Waals surface area contributed by atoms with Crippen LogP contribution in [0.15, 0.2) is 12.1 Å². The van der Waals surface area contributed by atoms with Gasteiger partial charge < -0.3 is 4.74 Å². The lowest BCUT2D eigenvalue weighted by Gasteiger charge is -2.20. The van der Waals surface area contributed by atoms with E-state index >= 15 is 0 Å². The van der Waals surface area contributed by atoms with Crippen molar-refractivity contribution in [1.82, 2.24) is 9.97 Å². The molecule has 0 N–H and O–H groups in total. The third-order valence-corrected chi connectivity index (χ3v) is 5.47. The lowest BCUT2D eigenvalue weighted by atomic mass is 9.86. The Morgan fingerprint density at radius 3 is 2.50 bits per heavy atom. The molecular formula is C19H25FN2O3S. The number of rotatable bonds is 6. The van der Waals surface area contributed by atoms with Gasteiger partial charge in [-0.15, -0.1) is 0 Å². The average molecular weight is 380 g/mol. The zero-order valence-electron chi connectivity index (χ0n) is 15.7. The Bertz CT molecular complexity index is 932. The molecule has 2 aromatic rings. The lowest BCUT2D eigenvalue weighted by molar-refractivity contribution is 0.308. The Morgan fingerprint density at radius 1 is 1.23 bits per heavy atom. The van der Waals surface area contributed by atoms with Gasteiger partial charge in [-0.25, -0.2) is 17.8 Å². The molecule has 1 aliphatic carbocycles. The monoisotopic (exact) mass is 380 g/mol. The summed E-state index contributed by atoms with van der Waals surface area (Å²) in [6.07, 6.45) is 3.56. The largest absolute Gasteiger partial charge is 0.477 e. The molecule has 142 valence electrons. The van der Waals surface area contributed by atoms with Crippen LogP contribution >= 0.6 is 0 Å². The third kappa shape index (κ3) is 4.50. The van der Waals surface area contributed by atoms with E-state index in [1.54, 1.807) is 0 Å². The van der Waals surface area contributed by atoms with Crippen LogP contribution in [0.5, 0.6) is 5.88 Å². The fourth-order valence-electron chi connectivity index (χ4n) is 2.74. The van der Waals surface area contributed by atoms with Crippen molar-refractivity contribution < 1.29 is 17.5 Å². The van der Waals surface area contributed by atoms with Crippen molar-refractivity contribution in [3.63, 3.8) is 0 Å². The maximum absolute atomic E-state index is 14.7. The normalized spacial score (nSPS) is 15.4. The predicted octanol–water partition coefficient (Wildman–Crippen LogP) is 3.76. The van der Waals surface area contributed by atoms with E-state index in [1.807, 2.05) is 26.8 Å². The van der Waals surface area contributed by atoms with Crippen LogP contribution < -0.4 is 4.74 Å². The second kappa shape index (κ2) is 6.76. The summed E-state index contributed by atoms with van der Waals surface area (Å²) < 4.78 is 43.1. The molecule has 1 aromatic heterocycles. The summed E-state index contributed by atoms with van der Waals surface area (Å²) in [5.74, 6) is 0.887. The molecule has 0 spiro atoms. The first-order valence-electron chi connectivity index (χ1n) is 8.87. The summed E-state index contributed by atoms with van der Waals surface area (Å²) in [7, 11) is -3.04. The summed E-state index contributed by atoms with van der Waals surface area (Å²) >= 11 is 0. The van der Waals surface area contributed by atoms with E-state index in [2.05, 4.69) is 9.97 Å². The zero-order chi connectivity index (χ0) is 19.1. The van der Waals surface area contributed by atoms with Crippen molar-refractivity contribution in [3.8, 4) is 5.88 Å². The van der Waals surface area contributed by atoms with Crippen LogP contribution in [0.2, 0.25) is 0 Å². The Kier molecular flexibility index (Phi) is 4.94. The zero-order valence-corrected chi connectivity index (χ0v) is 16.5. The van der Waals surface area contributed by atoms with Crippen molar-refractivity contribution >= 4 is 20.7 Å². The minimum absolute atomic E-state index is 0.0487. The molecular weight excluding hydrogens is 355 g/mol. The summed E-state index contributed by atoms with van der Waals surface area (Å²) in [5, 5.41) is 0.540. The number of benzene rings is 1. The third-order valence-electron chi connectivity index (χ3n) is 4.44. The van der Waals surface area contributed by atoms with Crippen LogP contribution in [-0.2, 0) is 15.3 Å². The highest BCUT2D eigenvalue weighted by atomic mass is 32.2. The molecule has 1 aromatic carbocycles. The molecule has 0 saturated heterocycles. The van der Waals surface area contributed by atoms with E-state index in [1.165, 1.54) is 12.3 Å². The summed E-state index contributed by atoms with van der Waals surface area (Å²) in [6, 6.07) is 3.40. The quantitative estimate of drug-likeness (QED) is 0.714. The van der Waals surface area contributed by atoms with Crippen LogP contribution in [0.4, 0.5) is 4.39 Å². The smallest absolute Gasteiger partial charge is 0.224 e. The van der Waals surface area contributed by atoms with E-state index < -0.39 is 9.84 Å². The minimum atomic E-state index is -3.04. The van der Waals surface area contributed by atoms with E-state index in [0.717, 1.165) is 18.4 Å². The van der Waals surface area contributed by atoms with Gasteiger partial charge in [-0.2, -0.15) is 4.98 Å². The van der Waals surface area contributed by atoms with Crippen molar-refractivity contribution in [3.05, 3.63) is 29.3 Å². The molecule has 26 heavy (non-hydrogen) atoms. The second-order valence-corrected chi connectivity index (χ2v) is 10.4. The molecule has 7 heteroatoms. The standard InChI is InChI=1S/C19H25FN2O3S/c1-19(2,3)13-10-14-16(15(20)11-13)21-17(12-6-7-12)22-18(14)25-8-5-9-26(4,23)24/h10-12H,5-9H2,1-4H3. The molecule has 0 amide bonds. The van der Waals surface area contributed by atoms with E-state index in [9.17, 15) is 12.8 Å². The average Bonchev–Trinajstić information content (AvgIpc) is 3.34. The number of nitrogens with zero attached hydrogens (tertiary/aromatic N) is 2. The molecule has 0 atom stereocenters. The van der Waals surface area contributed by atoms with Gasteiger partial charge >= 0.3 is 0 Å². The van der Waals surface area contributed by atoms with Crippen molar-refractivity contribution in [2.75, 3.05) is 18.6 Å². The number of fused-ring (bicyclic) bond motifs is 1. The first-order chi connectivity index (χ1) is 12.0. The molecule has 3 rings (SSSR count). The first kappa shape index (κ1) is 19.0. The molecule has 1 heterocycles. The lowest BCUT2D eigenvalue weighted by Crippen LogP contribution is -2.13. The maximum Gasteiger partial charge on any atom is 0.224 e. The van der Waals surface area contributed by atoms with E-state index in [-0.39, 0.29) is 35.0 Å². The van der Waals surface area contributed by atoms with Crippen molar-refractivity contribution in [2.24, 2.45) is 0 Å². The van der Waals surface area contributed by atoms with Crippen LogP contribution in [0, 0.1) is 5.82 Å². The van der Waals surface area contributed by atoms with Crippen LogP contribution in [0.1, 0.15) is 57.3 Å². The predicted molar refractivity (Wildman–Crippen MR) is 100.0 cm³/mol. The Hall–Kier alpha value is -1.76. The van der Waals surface area contributed by atoms with Crippen LogP contribution in [-0.4, -0.2) is 37.0 Å². The SMILES string of the molecule is CC(C)(C)c1cc(F)c2nc(C3CC3)nc(OCCCS(C)(=O)=O)c2c1. The van der Waals surface area contributed by atoms with Gasteiger partial charge in [-0.1, -0.05) is 20.8 Å². The molecule has 5 nitrogen and oxygen atoms in total. The molecule has 1 aliphatic rings. The molecule has 0 unspecified atom stereocenters. The number of sulfone groups is 1. The Morgan fingerprint density at radius 2 is 1.92 bits per heavy atom. The Labute approximate surface area is 153 Å². The number of ether oxygens (including phenoxy) is 1. The van der Waals surface area contributed by atoms with Gasteiger partial charge in [0.15, 0.2) is 0 Å². The van der Waals surface area contributed by atoms with Gasteiger partial charge in [-0.3, -0.25) is 0 Å². The highest BCUT2D eigenvalue weighted by Gasteiger charge is 2.29. The van der Waals surface area contributed by atoms with Gasteiger partial charge in [0.05, 0.1) is 17.7 Å². The van der Waals surface area contributed by atoms with Crippen molar-refractivity contribution in [2.45, 2.75) is 51.4 Å². The Balaban J connectivity index is 1.98. The number of aromatic nitrogens is 2. The molecule has 1 fully saturated rings. The maximum atomic E-state index is 14.7. The molecule has 0 aliphatic heterocycles. The molecule has 0 bridgehead atoms. The second-order valence-electron chi connectivity index (χ2n) is 8.10. The van der Waals surface area contributed by atoms with E-state index in [4.69, 9.17) is 4.74 Å². The number of hydrogen-bond donors (Lipinski definition) is 0. The topological polar surface area (TPSA) is 69.2 Å². The highest BCUT2D eigenvalue weighted by molar-refractivity contribution is 7.90. The van der Waals surface area contributed by atoms with Gasteiger partial charge in [0, 0.05) is 12.2 Å². The van der Waals surface area contributed by atoms with Crippen LogP contribution in [0.25, 0.3) is 10.9 Å². The van der Waals surface area contributed by atoms with Gasteiger partial charge in [-0.05, 0) is 42.4 Å². The fourth-order valence-corrected chi connectivity index (χ4v) is 3.38. The fraction of sp³-hybridized carbons (Fsp3) is 0.579. The van der Waals surface area contributed by atoms with Gasteiger partial charge in [0.25, 0.3) is 0 Å². The summed E-state index contributed by atoms with van der Waals surface area (Å²) in [4.78, 5) is 8.94. The molecule has 1 saturated carbocycles. The van der Waals surface area contributed by atoms with Crippen molar-refractivity contribution in [1.29, 1.82) is 0 Å². The number of hydrogen-bond acceptors (Lipinski definition) is 5. The summed E-state index contributed by atoms with van der Waals surface area (Å²) in [6.45, 7) is 6.25. The highest BCUT2D eigenvalue weighted by Crippen LogP contribution is 2.40.